The molecule has 1 heterocycles. The van der Waals surface area contributed by atoms with Crippen molar-refractivity contribution in [3.8, 4) is 0 Å². The Morgan fingerprint density at radius 1 is 0.920 bits per heavy atom. The summed E-state index contributed by atoms with van der Waals surface area (Å²) in [5, 5.41) is 7.39. The quantitative estimate of drug-likeness (QED) is 0.627. The van der Waals surface area contributed by atoms with Gasteiger partial charge < -0.3 is 15.6 Å². The van der Waals surface area contributed by atoms with E-state index < -0.39 is 12.1 Å². The summed E-state index contributed by atoms with van der Waals surface area (Å²) in [7, 11) is 0. The van der Waals surface area contributed by atoms with Crippen molar-refractivity contribution in [1.82, 2.24) is 4.98 Å². The Bertz CT molecular complexity index is 943. The van der Waals surface area contributed by atoms with Gasteiger partial charge in [-0.15, -0.1) is 0 Å². The first kappa shape index (κ1) is 15.4. The second-order valence-electron chi connectivity index (χ2n) is 6.27. The molecule has 0 radical (unpaired) electrons. The van der Waals surface area contributed by atoms with Gasteiger partial charge in [0.2, 0.25) is 11.6 Å². The zero-order valence-corrected chi connectivity index (χ0v) is 13.9. The fourth-order valence-electron chi connectivity index (χ4n) is 3.19. The lowest BCUT2D eigenvalue weighted by Gasteiger charge is -2.35. The van der Waals surface area contributed by atoms with E-state index >= 15 is 0 Å². The highest BCUT2D eigenvalue weighted by Crippen LogP contribution is 2.27. The minimum absolute atomic E-state index is 0.378. The first-order valence-corrected chi connectivity index (χ1v) is 8.43. The third-order valence-corrected chi connectivity index (χ3v) is 4.73. The van der Waals surface area contributed by atoms with Crippen LogP contribution in [0.25, 0.3) is 10.9 Å². The largest absolute Gasteiger partial charge is 0.373 e. The van der Waals surface area contributed by atoms with E-state index in [4.69, 9.17) is 0 Å². The van der Waals surface area contributed by atoms with Gasteiger partial charge >= 0.3 is 0 Å². The van der Waals surface area contributed by atoms with Crippen LogP contribution in [0.15, 0.2) is 54.7 Å². The summed E-state index contributed by atoms with van der Waals surface area (Å²) in [4.78, 5) is 27.3. The number of nitrogens with one attached hydrogen (secondary N) is 3. The smallest absolute Gasteiger partial charge is 0.225 e. The lowest BCUT2D eigenvalue weighted by molar-refractivity contribution is -0.144. The topological polar surface area (TPSA) is 74.0 Å². The second-order valence-corrected chi connectivity index (χ2v) is 6.27. The lowest BCUT2D eigenvalue weighted by Crippen LogP contribution is -2.64. The highest BCUT2D eigenvalue weighted by Gasteiger charge is 2.49. The Kier molecular flexibility index (Phi) is 3.76. The number of para-hydroxylation sites is 1. The van der Waals surface area contributed by atoms with Crippen LogP contribution in [0.2, 0.25) is 0 Å². The summed E-state index contributed by atoms with van der Waals surface area (Å²) >= 11 is 0. The minimum atomic E-state index is -0.558. The zero-order valence-electron chi connectivity index (χ0n) is 13.9. The molecule has 1 aromatic heterocycles. The van der Waals surface area contributed by atoms with Gasteiger partial charge in [0.25, 0.3) is 0 Å². The summed E-state index contributed by atoms with van der Waals surface area (Å²) in [6.07, 6.45) is 2.79. The van der Waals surface area contributed by atoms with E-state index in [0.29, 0.717) is 0 Å². The molecule has 0 saturated heterocycles. The Morgan fingerprint density at radius 2 is 1.60 bits per heavy atom. The number of ketones is 2. The molecule has 0 spiro atoms. The number of rotatable bonds is 5. The summed E-state index contributed by atoms with van der Waals surface area (Å²) in [5.41, 5.74) is 3.89. The van der Waals surface area contributed by atoms with Crippen LogP contribution in [-0.2, 0) is 16.0 Å². The number of carbonyl (C=O) groups is 2. The molecule has 1 saturated carbocycles. The van der Waals surface area contributed by atoms with Gasteiger partial charge in [0.1, 0.15) is 12.1 Å². The molecule has 0 aliphatic heterocycles. The molecule has 2 aromatic carbocycles. The minimum Gasteiger partial charge on any atom is -0.373 e. The van der Waals surface area contributed by atoms with E-state index in [2.05, 4.69) is 22.5 Å². The molecule has 5 heteroatoms. The van der Waals surface area contributed by atoms with E-state index in [1.54, 1.807) is 0 Å². The van der Waals surface area contributed by atoms with Crippen LogP contribution in [0.5, 0.6) is 0 Å². The number of aromatic amines is 1. The Morgan fingerprint density at radius 3 is 2.32 bits per heavy atom. The summed E-state index contributed by atoms with van der Waals surface area (Å²) < 4.78 is 0. The molecule has 1 aliphatic carbocycles. The van der Waals surface area contributed by atoms with Crippen LogP contribution in [-0.4, -0.2) is 28.6 Å². The third-order valence-electron chi connectivity index (χ3n) is 4.73. The van der Waals surface area contributed by atoms with Crippen molar-refractivity contribution in [2.45, 2.75) is 25.4 Å². The lowest BCUT2D eigenvalue weighted by atomic mass is 9.82. The number of hydrogen-bond acceptors (Lipinski definition) is 4. The van der Waals surface area contributed by atoms with E-state index in [1.165, 1.54) is 5.56 Å². The van der Waals surface area contributed by atoms with Gasteiger partial charge in [0.15, 0.2) is 0 Å². The number of H-pyrrole nitrogens is 1. The molecular weight excluding hydrogens is 314 g/mol. The molecule has 1 fully saturated rings. The zero-order chi connectivity index (χ0) is 17.4. The van der Waals surface area contributed by atoms with Crippen LogP contribution < -0.4 is 10.6 Å². The highest BCUT2D eigenvalue weighted by molar-refractivity contribution is 6.50. The molecule has 2 unspecified atom stereocenters. The van der Waals surface area contributed by atoms with Crippen molar-refractivity contribution >= 4 is 33.8 Å². The molecule has 0 amide bonds. The van der Waals surface area contributed by atoms with Gasteiger partial charge in [-0.1, -0.05) is 37.3 Å². The number of hydrogen-bond donors (Lipinski definition) is 3. The number of carbonyl (C=O) groups excluding carboxylic acids is 2. The van der Waals surface area contributed by atoms with E-state index in [-0.39, 0.29) is 11.6 Å². The predicted molar refractivity (Wildman–Crippen MR) is 99.0 cm³/mol. The summed E-state index contributed by atoms with van der Waals surface area (Å²) in [6, 6.07) is 14.7. The van der Waals surface area contributed by atoms with Gasteiger partial charge in [0.05, 0.1) is 5.69 Å². The predicted octanol–water partition coefficient (Wildman–Crippen LogP) is 3.14. The van der Waals surface area contributed by atoms with Crippen LogP contribution in [0.4, 0.5) is 11.4 Å². The van der Waals surface area contributed by atoms with Gasteiger partial charge in [0, 0.05) is 22.8 Å². The number of Topliss-reactive ketones (excluding diaryl/α,β-unsaturated/α-hetero) is 2. The number of aryl methyl sites for hydroxylation is 1. The number of anilines is 2. The molecular formula is C20H19N3O2. The second kappa shape index (κ2) is 6.09. The molecule has 4 rings (SSSR count). The maximum Gasteiger partial charge on any atom is 0.225 e. The number of aromatic nitrogens is 1. The fraction of sp³-hybridized carbons (Fsp3) is 0.200. The molecule has 25 heavy (non-hydrogen) atoms. The Hall–Kier alpha value is -3.08. The van der Waals surface area contributed by atoms with E-state index in [0.717, 1.165) is 28.7 Å². The molecule has 126 valence electrons. The highest BCUT2D eigenvalue weighted by atomic mass is 16.2. The SMILES string of the molecule is CCc1ccc(NC2C(=O)C(=O)C2Nc2c[nH]c3ccccc23)cc1. The Labute approximate surface area is 145 Å². The molecule has 3 aromatic rings. The van der Waals surface area contributed by atoms with Crippen molar-refractivity contribution in [1.29, 1.82) is 0 Å². The van der Waals surface area contributed by atoms with Gasteiger partial charge in [-0.2, -0.15) is 0 Å². The first-order valence-electron chi connectivity index (χ1n) is 8.43. The van der Waals surface area contributed by atoms with Gasteiger partial charge in [-0.25, -0.2) is 0 Å². The number of benzene rings is 2. The van der Waals surface area contributed by atoms with Crippen molar-refractivity contribution in [3.05, 3.63) is 60.3 Å². The first-order chi connectivity index (χ1) is 12.2. The van der Waals surface area contributed by atoms with E-state index in [9.17, 15) is 9.59 Å². The van der Waals surface area contributed by atoms with Crippen LogP contribution in [0.1, 0.15) is 12.5 Å². The van der Waals surface area contributed by atoms with Gasteiger partial charge in [-0.05, 0) is 30.2 Å². The summed E-state index contributed by atoms with van der Waals surface area (Å²) in [5.74, 6) is -0.759. The third kappa shape index (κ3) is 2.67. The maximum absolute atomic E-state index is 12.1. The fourth-order valence-corrected chi connectivity index (χ4v) is 3.19. The van der Waals surface area contributed by atoms with Crippen molar-refractivity contribution in [2.24, 2.45) is 0 Å². The average Bonchev–Trinajstić information content (AvgIpc) is 3.08. The van der Waals surface area contributed by atoms with Crippen molar-refractivity contribution in [2.75, 3.05) is 10.6 Å². The number of fused-ring (bicyclic) bond motifs is 1. The summed E-state index contributed by atoms with van der Waals surface area (Å²) in [6.45, 7) is 2.09. The van der Waals surface area contributed by atoms with Crippen molar-refractivity contribution in [3.63, 3.8) is 0 Å². The van der Waals surface area contributed by atoms with Crippen molar-refractivity contribution < 1.29 is 9.59 Å². The van der Waals surface area contributed by atoms with Crippen LogP contribution in [0, 0.1) is 0 Å². The standard InChI is InChI=1S/C20H19N3O2/c1-2-12-7-9-13(10-8-12)22-17-18(20(25)19(17)24)23-16-11-21-15-6-4-3-5-14(15)16/h3-11,17-18,21-23H,2H2,1H3. The maximum atomic E-state index is 12.1. The molecule has 3 N–H and O–H groups in total. The van der Waals surface area contributed by atoms with Crippen LogP contribution >= 0.6 is 0 Å². The van der Waals surface area contributed by atoms with Crippen LogP contribution in [0.3, 0.4) is 0 Å². The molecule has 1 aliphatic rings. The average molecular weight is 333 g/mol. The Balaban J connectivity index is 1.53. The molecule has 0 bridgehead atoms. The van der Waals surface area contributed by atoms with E-state index in [1.807, 2.05) is 54.7 Å². The monoisotopic (exact) mass is 333 g/mol. The van der Waals surface area contributed by atoms with Gasteiger partial charge in [-0.3, -0.25) is 9.59 Å². The molecule has 5 nitrogen and oxygen atoms in total. The molecule has 2 atom stereocenters. The normalized spacial score (nSPS) is 19.7.